The van der Waals surface area contributed by atoms with Gasteiger partial charge >= 0.3 is 0 Å². The van der Waals surface area contributed by atoms with Gasteiger partial charge in [-0.05, 0) is 26.8 Å². The molecule has 6 heteroatoms. The fraction of sp³-hybridized carbons (Fsp3) is 0.500. The third kappa shape index (κ3) is 2.17. The normalized spacial score (nSPS) is 24.0. The summed E-state index contributed by atoms with van der Waals surface area (Å²) in [5.41, 5.74) is 1.74. The number of rotatable bonds is 2. The second-order valence-electron chi connectivity index (χ2n) is 6.09. The van der Waals surface area contributed by atoms with Crippen molar-refractivity contribution in [2.45, 2.75) is 37.8 Å². The first kappa shape index (κ1) is 15.5. The number of aryl methyl sites for hydroxylation is 1. The maximum atomic E-state index is 13.3. The minimum Gasteiger partial charge on any atom is -0.347 e. The lowest BCUT2D eigenvalue weighted by Crippen LogP contribution is -2.57. The van der Waals surface area contributed by atoms with E-state index in [2.05, 4.69) is 5.32 Å². The summed E-state index contributed by atoms with van der Waals surface area (Å²) in [6, 6.07) is 7.78. The maximum Gasteiger partial charge on any atom is 0.245 e. The van der Waals surface area contributed by atoms with E-state index in [1.54, 1.807) is 4.31 Å². The van der Waals surface area contributed by atoms with E-state index < -0.39 is 10.0 Å². The quantitative estimate of drug-likeness (QED) is 0.918. The number of para-hydroxylation sites is 1. The zero-order valence-corrected chi connectivity index (χ0v) is 14.3. The van der Waals surface area contributed by atoms with E-state index in [9.17, 15) is 8.42 Å². The largest absolute Gasteiger partial charge is 0.347 e. The number of nitrogens with one attached hydrogen (secondary N) is 1. The van der Waals surface area contributed by atoms with Crippen molar-refractivity contribution in [3.63, 3.8) is 0 Å². The molecule has 0 saturated carbocycles. The van der Waals surface area contributed by atoms with Gasteiger partial charge in [-0.15, -0.1) is 0 Å². The van der Waals surface area contributed by atoms with Crippen LogP contribution in [0.4, 0.5) is 0 Å². The van der Waals surface area contributed by atoms with Crippen molar-refractivity contribution in [2.24, 2.45) is 7.05 Å². The Morgan fingerprint density at radius 1 is 1.23 bits per heavy atom. The zero-order valence-electron chi connectivity index (χ0n) is 13.5. The average molecular weight is 321 g/mol. The van der Waals surface area contributed by atoms with Crippen LogP contribution in [0.5, 0.6) is 0 Å². The van der Waals surface area contributed by atoms with Gasteiger partial charge in [0.2, 0.25) is 10.0 Å². The standard InChI is InChI=1S/C16H23N3O2S/c1-11-12(2)19(10-9-17-11)22(20,21)16-13(3)18(4)15-8-6-5-7-14(15)16/h5-8,11-12,17H,9-10H2,1-4H3. The van der Waals surface area contributed by atoms with Gasteiger partial charge in [0.1, 0.15) is 4.90 Å². The predicted molar refractivity (Wildman–Crippen MR) is 88.5 cm³/mol. The molecule has 2 unspecified atom stereocenters. The molecular formula is C16H23N3O2S. The first-order valence-electron chi connectivity index (χ1n) is 7.65. The fourth-order valence-electron chi connectivity index (χ4n) is 3.29. The summed E-state index contributed by atoms with van der Waals surface area (Å²) in [4.78, 5) is 0.451. The minimum absolute atomic E-state index is 0.0582. The van der Waals surface area contributed by atoms with Gasteiger partial charge in [-0.3, -0.25) is 0 Å². The summed E-state index contributed by atoms with van der Waals surface area (Å²) in [6.07, 6.45) is 0. The highest BCUT2D eigenvalue weighted by molar-refractivity contribution is 7.89. The van der Waals surface area contributed by atoms with Crippen molar-refractivity contribution >= 4 is 20.9 Å². The smallest absolute Gasteiger partial charge is 0.245 e. The fourth-order valence-corrected chi connectivity index (χ4v) is 5.44. The van der Waals surface area contributed by atoms with Crippen molar-refractivity contribution in [1.82, 2.24) is 14.2 Å². The molecule has 1 aromatic heterocycles. The molecule has 1 aliphatic heterocycles. The van der Waals surface area contributed by atoms with Crippen molar-refractivity contribution in [3.05, 3.63) is 30.0 Å². The number of benzene rings is 1. The number of hydrogen-bond donors (Lipinski definition) is 1. The molecule has 1 fully saturated rings. The molecule has 120 valence electrons. The molecule has 5 nitrogen and oxygen atoms in total. The van der Waals surface area contributed by atoms with Crippen LogP contribution in [0.15, 0.2) is 29.2 Å². The van der Waals surface area contributed by atoms with E-state index >= 15 is 0 Å². The van der Waals surface area contributed by atoms with E-state index in [0.717, 1.165) is 16.6 Å². The molecule has 2 aromatic rings. The van der Waals surface area contributed by atoms with Gasteiger partial charge < -0.3 is 9.88 Å². The summed E-state index contributed by atoms with van der Waals surface area (Å²) in [5, 5.41) is 4.14. The van der Waals surface area contributed by atoms with E-state index in [4.69, 9.17) is 0 Å². The van der Waals surface area contributed by atoms with Gasteiger partial charge in [-0.25, -0.2) is 8.42 Å². The molecular weight excluding hydrogens is 298 g/mol. The second-order valence-corrected chi connectivity index (χ2v) is 7.92. The molecule has 1 saturated heterocycles. The van der Waals surface area contributed by atoms with Crippen LogP contribution in [0.1, 0.15) is 19.5 Å². The van der Waals surface area contributed by atoms with E-state index in [0.29, 0.717) is 18.0 Å². The van der Waals surface area contributed by atoms with Gasteiger partial charge in [0, 0.05) is 48.8 Å². The van der Waals surface area contributed by atoms with E-state index in [1.807, 2.05) is 56.7 Å². The summed E-state index contributed by atoms with van der Waals surface area (Å²) in [6.45, 7) is 7.07. The molecule has 3 rings (SSSR count). The van der Waals surface area contributed by atoms with Gasteiger partial charge in [0.15, 0.2) is 0 Å². The van der Waals surface area contributed by atoms with Crippen LogP contribution < -0.4 is 5.32 Å². The summed E-state index contributed by atoms with van der Waals surface area (Å²) in [5.74, 6) is 0. The minimum atomic E-state index is -3.51. The molecule has 1 N–H and O–H groups in total. The highest BCUT2D eigenvalue weighted by Crippen LogP contribution is 2.32. The molecule has 0 radical (unpaired) electrons. The molecule has 2 heterocycles. The molecule has 0 aliphatic carbocycles. The number of hydrogen-bond acceptors (Lipinski definition) is 3. The maximum absolute atomic E-state index is 13.3. The van der Waals surface area contributed by atoms with Crippen LogP contribution >= 0.6 is 0 Å². The molecule has 1 aromatic carbocycles. The Labute approximate surface area is 132 Å². The molecule has 2 atom stereocenters. The topological polar surface area (TPSA) is 54.3 Å². The first-order valence-corrected chi connectivity index (χ1v) is 9.09. The Balaban J connectivity index is 2.20. The Bertz CT molecular complexity index is 810. The van der Waals surface area contributed by atoms with Crippen LogP contribution in [0, 0.1) is 6.92 Å². The summed E-state index contributed by atoms with van der Waals surface area (Å²) < 4.78 is 30.2. The van der Waals surface area contributed by atoms with Crippen LogP contribution in [0.3, 0.4) is 0 Å². The Hall–Kier alpha value is -1.37. The zero-order chi connectivity index (χ0) is 16.1. The van der Waals surface area contributed by atoms with E-state index in [-0.39, 0.29) is 12.1 Å². The number of fused-ring (bicyclic) bond motifs is 1. The molecule has 0 bridgehead atoms. The van der Waals surface area contributed by atoms with Crippen LogP contribution in [0.2, 0.25) is 0 Å². The molecule has 22 heavy (non-hydrogen) atoms. The van der Waals surface area contributed by atoms with Gasteiger partial charge in [0.25, 0.3) is 0 Å². The SMILES string of the molecule is Cc1c(S(=O)(=O)N2CCNC(C)C2C)c2ccccc2n1C. The van der Waals surface area contributed by atoms with Crippen molar-refractivity contribution in [1.29, 1.82) is 0 Å². The lowest BCUT2D eigenvalue weighted by Gasteiger charge is -2.37. The Morgan fingerprint density at radius 2 is 1.91 bits per heavy atom. The highest BCUT2D eigenvalue weighted by atomic mass is 32.2. The monoisotopic (exact) mass is 321 g/mol. The number of sulfonamides is 1. The van der Waals surface area contributed by atoms with Crippen LogP contribution in [0.25, 0.3) is 10.9 Å². The second kappa shape index (κ2) is 5.37. The number of piperazine rings is 1. The van der Waals surface area contributed by atoms with Crippen LogP contribution in [-0.2, 0) is 17.1 Å². The lowest BCUT2D eigenvalue weighted by molar-refractivity contribution is 0.233. The molecule has 1 aliphatic rings. The Kier molecular flexibility index (Phi) is 3.79. The third-order valence-corrected chi connectivity index (χ3v) is 7.05. The average Bonchev–Trinajstić information content (AvgIpc) is 2.74. The molecule has 0 amide bonds. The Morgan fingerprint density at radius 3 is 2.64 bits per heavy atom. The van der Waals surface area contributed by atoms with Gasteiger partial charge in [-0.1, -0.05) is 18.2 Å². The number of aromatic nitrogens is 1. The lowest BCUT2D eigenvalue weighted by atomic mass is 10.1. The van der Waals surface area contributed by atoms with E-state index in [1.165, 1.54) is 0 Å². The van der Waals surface area contributed by atoms with Crippen molar-refractivity contribution in [3.8, 4) is 0 Å². The number of nitrogens with zero attached hydrogens (tertiary/aromatic N) is 2. The van der Waals surface area contributed by atoms with Crippen molar-refractivity contribution < 1.29 is 8.42 Å². The first-order chi connectivity index (χ1) is 10.4. The highest BCUT2D eigenvalue weighted by Gasteiger charge is 2.37. The molecule has 0 spiro atoms. The predicted octanol–water partition coefficient (Wildman–Crippen LogP) is 1.86. The summed E-state index contributed by atoms with van der Waals surface area (Å²) >= 11 is 0. The third-order valence-electron chi connectivity index (χ3n) is 4.88. The van der Waals surface area contributed by atoms with Crippen molar-refractivity contribution in [2.75, 3.05) is 13.1 Å². The summed E-state index contributed by atoms with van der Waals surface area (Å²) in [7, 11) is -1.59. The van der Waals surface area contributed by atoms with Gasteiger partial charge in [0.05, 0.1) is 0 Å². The van der Waals surface area contributed by atoms with Gasteiger partial charge in [-0.2, -0.15) is 4.31 Å². The van der Waals surface area contributed by atoms with Crippen LogP contribution in [-0.4, -0.2) is 42.5 Å².